The van der Waals surface area contributed by atoms with Gasteiger partial charge in [0.15, 0.2) is 0 Å². The van der Waals surface area contributed by atoms with Gasteiger partial charge in [-0.15, -0.1) is 0 Å². The van der Waals surface area contributed by atoms with Crippen LogP contribution in [0, 0.1) is 34.5 Å². The van der Waals surface area contributed by atoms with Crippen molar-refractivity contribution in [2.45, 2.75) is 84.8 Å². The van der Waals surface area contributed by atoms with Crippen LogP contribution in [-0.2, 0) is 14.3 Å². The minimum Gasteiger partial charge on any atom is -0.462 e. The lowest BCUT2D eigenvalue weighted by atomic mass is 9.47. The molecule has 0 amide bonds. The zero-order chi connectivity index (χ0) is 20.6. The Labute approximate surface area is 175 Å². The van der Waals surface area contributed by atoms with Crippen LogP contribution < -0.4 is 0 Å². The average molecular weight is 400 g/mol. The Hall–Kier alpha value is -1.16. The highest BCUT2D eigenvalue weighted by Gasteiger charge is 2.63. The number of hydrogen-bond donors (Lipinski definition) is 0. The molecule has 4 nitrogen and oxygen atoms in total. The highest BCUT2D eigenvalue weighted by atomic mass is 16.5. The molecule has 8 atom stereocenters. The van der Waals surface area contributed by atoms with Crippen molar-refractivity contribution in [3.63, 3.8) is 0 Å². The first-order chi connectivity index (χ1) is 13.7. The molecule has 0 unspecified atom stereocenters. The van der Waals surface area contributed by atoms with Gasteiger partial charge in [0, 0.05) is 38.4 Å². The Morgan fingerprint density at radius 1 is 1.10 bits per heavy atom. The topological polar surface area (TPSA) is 46.4 Å². The lowest BCUT2D eigenvalue weighted by Crippen LogP contribution is -2.51. The SMILES string of the molecule is CC(=O)O[C@H]1CC[C@@]2(C)C(=CC[C@H]3[C@@H]4C[C@H](N5CC5)[C@H](C(C)=O)[C@@]4(C)CC[C@@H]32)C1. The van der Waals surface area contributed by atoms with Gasteiger partial charge in [-0.3, -0.25) is 14.5 Å². The molecule has 1 aliphatic heterocycles. The van der Waals surface area contributed by atoms with Crippen molar-refractivity contribution >= 4 is 11.8 Å². The van der Waals surface area contributed by atoms with Crippen molar-refractivity contribution in [1.82, 2.24) is 4.90 Å². The quantitative estimate of drug-likeness (QED) is 0.401. The summed E-state index contributed by atoms with van der Waals surface area (Å²) in [7, 11) is 0. The molecule has 0 aromatic carbocycles. The van der Waals surface area contributed by atoms with Crippen LogP contribution in [0.5, 0.6) is 0 Å². The van der Waals surface area contributed by atoms with Crippen molar-refractivity contribution in [2.24, 2.45) is 34.5 Å². The number of nitrogens with zero attached hydrogens (tertiary/aromatic N) is 1. The Bertz CT molecular complexity index is 755. The maximum Gasteiger partial charge on any atom is 0.302 e. The second kappa shape index (κ2) is 6.67. The van der Waals surface area contributed by atoms with Crippen LogP contribution in [-0.4, -0.2) is 41.9 Å². The summed E-state index contributed by atoms with van der Waals surface area (Å²) >= 11 is 0. The van der Waals surface area contributed by atoms with Crippen molar-refractivity contribution in [1.29, 1.82) is 0 Å². The van der Waals surface area contributed by atoms with E-state index < -0.39 is 0 Å². The molecule has 0 N–H and O–H groups in total. The van der Waals surface area contributed by atoms with Crippen LogP contribution >= 0.6 is 0 Å². The molecule has 29 heavy (non-hydrogen) atoms. The van der Waals surface area contributed by atoms with E-state index in [1.165, 1.54) is 39.3 Å². The molecule has 5 aliphatic rings. The monoisotopic (exact) mass is 399 g/mol. The predicted molar refractivity (Wildman–Crippen MR) is 112 cm³/mol. The van der Waals surface area contributed by atoms with Crippen LogP contribution in [0.25, 0.3) is 0 Å². The third-order valence-corrected chi connectivity index (χ3v) is 9.81. The normalized spacial score (nSPS) is 48.8. The maximum atomic E-state index is 12.7. The molecule has 4 fully saturated rings. The van der Waals surface area contributed by atoms with E-state index in [0.717, 1.165) is 31.6 Å². The second-order valence-electron chi connectivity index (χ2n) is 11.2. The molecule has 0 bridgehead atoms. The van der Waals surface area contributed by atoms with Gasteiger partial charge in [-0.25, -0.2) is 0 Å². The minimum atomic E-state index is -0.149. The van der Waals surface area contributed by atoms with Crippen molar-refractivity contribution in [2.75, 3.05) is 13.1 Å². The third-order valence-electron chi connectivity index (χ3n) is 9.81. The zero-order valence-corrected chi connectivity index (χ0v) is 18.6. The number of carbonyl (C=O) groups excluding carboxylic acids is 2. The van der Waals surface area contributed by atoms with E-state index in [1.54, 1.807) is 5.57 Å². The van der Waals surface area contributed by atoms with Gasteiger partial charge in [0.25, 0.3) is 0 Å². The Kier molecular flexibility index (Phi) is 4.55. The van der Waals surface area contributed by atoms with E-state index in [4.69, 9.17) is 4.74 Å². The highest BCUT2D eigenvalue weighted by Crippen LogP contribution is 2.67. The van der Waals surface area contributed by atoms with E-state index in [9.17, 15) is 9.59 Å². The molecular weight excluding hydrogens is 362 g/mol. The fourth-order valence-electron chi connectivity index (χ4n) is 8.46. The molecule has 1 heterocycles. The summed E-state index contributed by atoms with van der Waals surface area (Å²) in [5.74, 6) is 2.60. The van der Waals surface area contributed by atoms with E-state index in [-0.39, 0.29) is 28.8 Å². The standard InChI is InChI=1S/C25H37NO3/c1-15(27)23-22(26-11-12-26)14-21-19-6-5-17-13-18(29-16(2)28)7-9-24(17,3)20(19)8-10-25(21,23)4/h5,18-23H,6-14H2,1-4H3/t18-,19+,20-,21-,22-,23-,24-,25-/m0/s1. The van der Waals surface area contributed by atoms with Crippen LogP contribution in [0.2, 0.25) is 0 Å². The van der Waals surface area contributed by atoms with Crippen molar-refractivity contribution in [3.05, 3.63) is 11.6 Å². The largest absolute Gasteiger partial charge is 0.462 e. The summed E-state index contributed by atoms with van der Waals surface area (Å²) in [6, 6.07) is 0.485. The number of ketones is 1. The molecular formula is C25H37NO3. The number of esters is 1. The van der Waals surface area contributed by atoms with E-state index >= 15 is 0 Å². The minimum absolute atomic E-state index is 0.0675. The van der Waals surface area contributed by atoms with Gasteiger partial charge < -0.3 is 4.74 Å². The molecule has 1 saturated heterocycles. The summed E-state index contributed by atoms with van der Waals surface area (Å²) in [4.78, 5) is 26.7. The first-order valence-corrected chi connectivity index (χ1v) is 11.9. The Balaban J connectivity index is 1.43. The second-order valence-corrected chi connectivity index (χ2v) is 11.2. The van der Waals surface area contributed by atoms with Gasteiger partial charge in [0.1, 0.15) is 11.9 Å². The van der Waals surface area contributed by atoms with E-state index in [2.05, 4.69) is 24.8 Å². The molecule has 3 saturated carbocycles. The first kappa shape index (κ1) is 19.8. The summed E-state index contributed by atoms with van der Waals surface area (Å²) in [5, 5.41) is 0. The molecule has 5 rings (SSSR count). The van der Waals surface area contributed by atoms with Gasteiger partial charge >= 0.3 is 5.97 Å². The van der Waals surface area contributed by atoms with Crippen LogP contribution in [0.4, 0.5) is 0 Å². The molecule has 4 heteroatoms. The molecule has 0 spiro atoms. The highest BCUT2D eigenvalue weighted by molar-refractivity contribution is 5.80. The molecule has 160 valence electrons. The number of fused-ring (bicyclic) bond motifs is 5. The number of allylic oxidation sites excluding steroid dienone is 1. The maximum absolute atomic E-state index is 12.7. The summed E-state index contributed by atoms with van der Waals surface area (Å²) in [6.07, 6.45) is 10.4. The van der Waals surface area contributed by atoms with E-state index in [1.807, 2.05) is 6.92 Å². The summed E-state index contributed by atoms with van der Waals surface area (Å²) < 4.78 is 5.57. The van der Waals surface area contributed by atoms with Gasteiger partial charge in [-0.05, 0) is 74.0 Å². The number of hydrogen-bond acceptors (Lipinski definition) is 4. The first-order valence-electron chi connectivity index (χ1n) is 11.9. The van der Waals surface area contributed by atoms with Crippen LogP contribution in [0.15, 0.2) is 11.6 Å². The average Bonchev–Trinajstić information content (AvgIpc) is 3.43. The fourth-order valence-corrected chi connectivity index (χ4v) is 8.46. The van der Waals surface area contributed by atoms with Crippen molar-refractivity contribution < 1.29 is 14.3 Å². The fraction of sp³-hybridized carbons (Fsp3) is 0.840. The molecule has 0 radical (unpaired) electrons. The number of carbonyl (C=O) groups is 2. The van der Waals surface area contributed by atoms with Crippen molar-refractivity contribution in [3.8, 4) is 0 Å². The van der Waals surface area contributed by atoms with Crippen LogP contribution in [0.3, 0.4) is 0 Å². The van der Waals surface area contributed by atoms with Gasteiger partial charge in [-0.1, -0.05) is 25.5 Å². The lowest BCUT2D eigenvalue weighted by Gasteiger charge is -2.58. The Morgan fingerprint density at radius 3 is 2.52 bits per heavy atom. The number of ether oxygens (including phenoxy) is 1. The third kappa shape index (κ3) is 2.96. The summed E-state index contributed by atoms with van der Waals surface area (Å²) in [5.41, 5.74) is 1.98. The summed E-state index contributed by atoms with van der Waals surface area (Å²) in [6.45, 7) is 10.7. The van der Waals surface area contributed by atoms with Crippen LogP contribution in [0.1, 0.15) is 72.6 Å². The smallest absolute Gasteiger partial charge is 0.302 e. The molecule has 0 aromatic heterocycles. The van der Waals surface area contributed by atoms with E-state index in [0.29, 0.717) is 23.7 Å². The van der Waals surface area contributed by atoms with Gasteiger partial charge in [-0.2, -0.15) is 0 Å². The Morgan fingerprint density at radius 2 is 1.86 bits per heavy atom. The lowest BCUT2D eigenvalue weighted by molar-refractivity contribution is -0.149. The molecule has 4 aliphatic carbocycles. The van der Waals surface area contributed by atoms with Gasteiger partial charge in [0.2, 0.25) is 0 Å². The number of Topliss-reactive ketones (excluding diaryl/α,β-unsaturated/α-hetero) is 1. The predicted octanol–water partition coefficient (Wildman–Crippen LogP) is 4.38. The van der Waals surface area contributed by atoms with Gasteiger partial charge in [0.05, 0.1) is 0 Å². The zero-order valence-electron chi connectivity index (χ0n) is 18.6. The molecule has 0 aromatic rings. The number of rotatable bonds is 3.